The molecule has 0 saturated heterocycles. The van der Waals surface area contributed by atoms with Crippen molar-refractivity contribution in [2.24, 2.45) is 0 Å². The molecule has 6 nitrogen and oxygen atoms in total. The number of rotatable bonds is 5. The molecule has 0 fully saturated rings. The zero-order chi connectivity index (χ0) is 25.7. The molecule has 4 rings (SSSR count). The van der Waals surface area contributed by atoms with Gasteiger partial charge in [0.15, 0.2) is 11.4 Å². The highest BCUT2D eigenvalue weighted by Gasteiger charge is 2.36. The normalized spacial score (nSPS) is 12.1. The number of aryl methyl sites for hydroxylation is 3. The molecular formula is C27H24ClFN2O4. The minimum atomic E-state index is -1.97. The van der Waals surface area contributed by atoms with Crippen LogP contribution in [0.5, 0.6) is 0 Å². The van der Waals surface area contributed by atoms with Crippen molar-refractivity contribution in [1.82, 2.24) is 9.72 Å². The number of carboxylic acid groups (broad SMARTS) is 1. The first-order chi connectivity index (χ1) is 16.4. The summed E-state index contributed by atoms with van der Waals surface area (Å²) >= 11 is 6.20. The average Bonchev–Trinajstić information content (AvgIpc) is 3.33. The molecule has 0 radical (unpaired) electrons. The molecule has 0 unspecified atom stereocenters. The quantitative estimate of drug-likeness (QED) is 0.306. The molecular weight excluding hydrogens is 471 g/mol. The van der Waals surface area contributed by atoms with Crippen molar-refractivity contribution < 1.29 is 23.6 Å². The molecule has 0 spiro atoms. The maximum atomic E-state index is 15.2. The number of alkyl halides is 1. The Labute approximate surface area is 206 Å². The van der Waals surface area contributed by atoms with Gasteiger partial charge in [0.1, 0.15) is 11.3 Å². The zero-order valence-corrected chi connectivity index (χ0v) is 20.7. The van der Waals surface area contributed by atoms with Gasteiger partial charge in [-0.05, 0) is 81.1 Å². The standard InChI is InChI=1S/C27H24ClFN2O4/c1-14-11-18(28)12-15(2)21(14)24-23(25(35-30-24)27(4,5)29)26(34)31-13-16(3)22-17(9-10-20(32)33)7-6-8-19(22)31/h6-13H,1-5H3,(H,32,33)/b10-9+. The Hall–Kier alpha value is -3.71. The number of aliphatic carboxylic acids is 1. The van der Waals surface area contributed by atoms with E-state index in [0.29, 0.717) is 21.7 Å². The fraction of sp³-hybridized carbons (Fsp3) is 0.222. The molecule has 0 aliphatic carbocycles. The summed E-state index contributed by atoms with van der Waals surface area (Å²) in [6.45, 7) is 8.13. The second-order valence-electron chi connectivity index (χ2n) is 9.02. The number of halogens is 2. The highest BCUT2D eigenvalue weighted by molar-refractivity contribution is 6.30. The number of aromatic nitrogens is 2. The molecule has 1 N–H and O–H groups in total. The van der Waals surface area contributed by atoms with Crippen molar-refractivity contribution in [3.05, 3.63) is 81.2 Å². The maximum absolute atomic E-state index is 15.2. The summed E-state index contributed by atoms with van der Waals surface area (Å²) in [7, 11) is 0. The van der Waals surface area contributed by atoms with Crippen LogP contribution in [0.1, 0.15) is 52.2 Å². The molecule has 35 heavy (non-hydrogen) atoms. The first kappa shape index (κ1) is 24.4. The Bertz CT molecular complexity index is 1500. The fourth-order valence-corrected chi connectivity index (χ4v) is 4.78. The Morgan fingerprint density at radius 3 is 2.40 bits per heavy atom. The number of fused-ring (bicyclic) bond motifs is 1. The van der Waals surface area contributed by atoms with E-state index in [-0.39, 0.29) is 17.0 Å². The van der Waals surface area contributed by atoms with E-state index in [9.17, 15) is 9.59 Å². The first-order valence-corrected chi connectivity index (χ1v) is 11.3. The number of nitrogens with zero attached hydrogens (tertiary/aromatic N) is 2. The van der Waals surface area contributed by atoms with Gasteiger partial charge < -0.3 is 9.63 Å². The van der Waals surface area contributed by atoms with Crippen molar-refractivity contribution in [1.29, 1.82) is 0 Å². The molecule has 0 atom stereocenters. The molecule has 0 amide bonds. The monoisotopic (exact) mass is 494 g/mol. The molecule has 0 bridgehead atoms. The third-order valence-corrected chi connectivity index (χ3v) is 6.07. The van der Waals surface area contributed by atoms with E-state index in [1.807, 2.05) is 20.8 Å². The van der Waals surface area contributed by atoms with Crippen molar-refractivity contribution in [3.63, 3.8) is 0 Å². The molecule has 0 aliphatic rings. The van der Waals surface area contributed by atoms with Gasteiger partial charge in [0.25, 0.3) is 5.91 Å². The Balaban J connectivity index is 1.98. The highest BCUT2D eigenvalue weighted by atomic mass is 35.5. The topological polar surface area (TPSA) is 85.3 Å². The van der Waals surface area contributed by atoms with E-state index in [1.54, 1.807) is 36.5 Å². The molecule has 2 aromatic carbocycles. The summed E-state index contributed by atoms with van der Waals surface area (Å²) in [5, 5.41) is 14.4. The van der Waals surface area contributed by atoms with Crippen molar-refractivity contribution >= 4 is 40.5 Å². The zero-order valence-electron chi connectivity index (χ0n) is 19.9. The van der Waals surface area contributed by atoms with Crippen molar-refractivity contribution in [2.75, 3.05) is 0 Å². The summed E-state index contributed by atoms with van der Waals surface area (Å²) in [4.78, 5) is 25.1. The number of carbonyl (C=O) groups excluding carboxylic acids is 1. The lowest BCUT2D eigenvalue weighted by atomic mass is 9.93. The first-order valence-electron chi connectivity index (χ1n) is 10.9. The summed E-state index contributed by atoms with van der Waals surface area (Å²) in [6.07, 6.45) is 4.17. The maximum Gasteiger partial charge on any atom is 0.328 e. The van der Waals surface area contributed by atoms with E-state index in [0.717, 1.165) is 28.2 Å². The van der Waals surface area contributed by atoms with Crippen LogP contribution in [0.25, 0.3) is 28.2 Å². The summed E-state index contributed by atoms with van der Waals surface area (Å²) < 4.78 is 22.1. The second-order valence-corrected chi connectivity index (χ2v) is 9.46. The minimum Gasteiger partial charge on any atom is -0.478 e. The number of hydrogen-bond donors (Lipinski definition) is 1. The van der Waals surface area contributed by atoms with Gasteiger partial charge in [-0.2, -0.15) is 0 Å². The van der Waals surface area contributed by atoms with Gasteiger partial charge in [-0.1, -0.05) is 28.9 Å². The summed E-state index contributed by atoms with van der Waals surface area (Å²) in [6, 6.07) is 8.76. The van der Waals surface area contributed by atoms with Crippen LogP contribution >= 0.6 is 11.6 Å². The highest BCUT2D eigenvalue weighted by Crippen LogP contribution is 2.39. The smallest absolute Gasteiger partial charge is 0.328 e. The number of carbonyl (C=O) groups is 2. The van der Waals surface area contributed by atoms with E-state index < -0.39 is 17.5 Å². The molecule has 2 aromatic heterocycles. The third-order valence-electron chi connectivity index (χ3n) is 5.86. The molecule has 180 valence electrons. The molecule has 2 heterocycles. The van der Waals surface area contributed by atoms with Gasteiger partial charge in [-0.15, -0.1) is 0 Å². The van der Waals surface area contributed by atoms with Crippen LogP contribution in [-0.2, 0) is 10.5 Å². The van der Waals surface area contributed by atoms with Gasteiger partial charge in [0.05, 0.1) is 5.52 Å². The van der Waals surface area contributed by atoms with Crippen LogP contribution < -0.4 is 0 Å². The van der Waals surface area contributed by atoms with Crippen LogP contribution in [0.15, 0.2) is 47.1 Å². The van der Waals surface area contributed by atoms with Crippen molar-refractivity contribution in [2.45, 2.75) is 40.3 Å². The summed E-state index contributed by atoms with van der Waals surface area (Å²) in [5.41, 5.74) is 2.45. The van der Waals surface area contributed by atoms with E-state index in [2.05, 4.69) is 5.16 Å². The minimum absolute atomic E-state index is 0.0226. The lowest BCUT2D eigenvalue weighted by molar-refractivity contribution is -0.131. The lowest BCUT2D eigenvalue weighted by Crippen LogP contribution is -2.19. The Morgan fingerprint density at radius 2 is 1.80 bits per heavy atom. The van der Waals surface area contributed by atoms with Crippen LogP contribution in [-0.4, -0.2) is 26.7 Å². The van der Waals surface area contributed by atoms with Crippen LogP contribution in [0.3, 0.4) is 0 Å². The SMILES string of the molecule is Cc1cc(Cl)cc(C)c1-c1noc(C(C)(C)F)c1C(=O)n1cc(C)c2c(/C=C/C(=O)O)cccc21. The molecule has 0 aliphatic heterocycles. The molecule has 0 saturated carbocycles. The van der Waals surface area contributed by atoms with Gasteiger partial charge in [-0.25, -0.2) is 9.18 Å². The Morgan fingerprint density at radius 1 is 1.14 bits per heavy atom. The van der Waals surface area contributed by atoms with E-state index in [1.165, 1.54) is 24.5 Å². The number of benzene rings is 2. The van der Waals surface area contributed by atoms with Gasteiger partial charge in [0.2, 0.25) is 0 Å². The van der Waals surface area contributed by atoms with E-state index in [4.69, 9.17) is 21.2 Å². The van der Waals surface area contributed by atoms with Gasteiger partial charge in [0, 0.05) is 28.2 Å². The number of carboxylic acids is 1. The fourth-order valence-electron chi connectivity index (χ4n) is 4.45. The second kappa shape index (κ2) is 8.82. The molecule has 8 heteroatoms. The lowest BCUT2D eigenvalue weighted by Gasteiger charge is -2.14. The average molecular weight is 495 g/mol. The Kier molecular flexibility index (Phi) is 6.15. The summed E-state index contributed by atoms with van der Waals surface area (Å²) in [5.74, 6) is -1.76. The van der Waals surface area contributed by atoms with E-state index >= 15 is 4.39 Å². The van der Waals surface area contributed by atoms with Gasteiger partial charge in [-0.3, -0.25) is 9.36 Å². The predicted octanol–water partition coefficient (Wildman–Crippen LogP) is 6.87. The van der Waals surface area contributed by atoms with Crippen molar-refractivity contribution in [3.8, 4) is 11.3 Å². The predicted molar refractivity (Wildman–Crippen MR) is 134 cm³/mol. The van der Waals surface area contributed by atoms with Crippen LogP contribution in [0, 0.1) is 20.8 Å². The van der Waals surface area contributed by atoms with Gasteiger partial charge >= 0.3 is 5.97 Å². The number of hydrogen-bond acceptors (Lipinski definition) is 4. The van der Waals surface area contributed by atoms with Crippen LogP contribution in [0.4, 0.5) is 4.39 Å². The third kappa shape index (κ3) is 4.39. The van der Waals surface area contributed by atoms with Crippen LogP contribution in [0.2, 0.25) is 5.02 Å². The largest absolute Gasteiger partial charge is 0.478 e. The molecule has 4 aromatic rings.